The maximum absolute atomic E-state index is 12.0. The zero-order valence-electron chi connectivity index (χ0n) is 9.32. The van der Waals surface area contributed by atoms with Crippen molar-refractivity contribution >= 4 is 11.6 Å². The molecule has 1 aromatic carbocycles. The topological polar surface area (TPSA) is 34.1 Å². The Kier molecular flexibility index (Phi) is 2.50. The van der Waals surface area contributed by atoms with Gasteiger partial charge >= 0.3 is 0 Å². The van der Waals surface area contributed by atoms with Crippen molar-refractivity contribution in [2.24, 2.45) is 0 Å². The molecule has 0 amide bonds. The third-order valence-electron chi connectivity index (χ3n) is 3.31. The molecule has 1 aliphatic carbocycles. The van der Waals surface area contributed by atoms with Gasteiger partial charge in [0.25, 0.3) is 0 Å². The Morgan fingerprint density at radius 3 is 2.75 bits per heavy atom. The third kappa shape index (κ3) is 1.42. The van der Waals surface area contributed by atoms with Gasteiger partial charge in [-0.15, -0.1) is 6.58 Å². The van der Waals surface area contributed by atoms with Gasteiger partial charge in [-0.3, -0.25) is 9.59 Å². The van der Waals surface area contributed by atoms with Crippen LogP contribution in [-0.2, 0) is 10.2 Å². The third-order valence-corrected chi connectivity index (χ3v) is 3.31. The van der Waals surface area contributed by atoms with E-state index in [1.165, 1.54) is 0 Å². The number of Topliss-reactive ketones (excluding diaryl/α,β-unsaturated/α-hetero) is 2. The number of allylic oxidation sites excluding steroid dienone is 1. The number of carbonyl (C=O) groups excluding carboxylic acids is 2. The maximum atomic E-state index is 12.0. The van der Waals surface area contributed by atoms with Crippen LogP contribution in [0.3, 0.4) is 0 Å². The summed E-state index contributed by atoms with van der Waals surface area (Å²) < 4.78 is 0. The fourth-order valence-electron chi connectivity index (χ4n) is 2.31. The molecule has 0 fully saturated rings. The van der Waals surface area contributed by atoms with Crippen molar-refractivity contribution in [2.75, 3.05) is 0 Å². The largest absolute Gasteiger partial charge is 0.298 e. The highest BCUT2D eigenvalue weighted by Crippen LogP contribution is 2.37. The van der Waals surface area contributed by atoms with Gasteiger partial charge in [-0.2, -0.15) is 0 Å². The highest BCUT2D eigenvalue weighted by molar-refractivity contribution is 6.16. The summed E-state index contributed by atoms with van der Waals surface area (Å²) >= 11 is 0. The summed E-state index contributed by atoms with van der Waals surface area (Å²) in [4.78, 5) is 23.8. The Morgan fingerprint density at radius 2 is 2.06 bits per heavy atom. The molecule has 0 bridgehead atoms. The van der Waals surface area contributed by atoms with E-state index in [1.54, 1.807) is 12.1 Å². The molecule has 1 aliphatic rings. The lowest BCUT2D eigenvalue weighted by atomic mass is 9.68. The average molecular weight is 214 g/mol. The molecule has 16 heavy (non-hydrogen) atoms. The summed E-state index contributed by atoms with van der Waals surface area (Å²) in [5.41, 5.74) is 0.953. The van der Waals surface area contributed by atoms with Crippen LogP contribution < -0.4 is 0 Å². The second kappa shape index (κ2) is 3.71. The van der Waals surface area contributed by atoms with Crippen LogP contribution in [0.5, 0.6) is 0 Å². The molecule has 82 valence electrons. The molecular weight excluding hydrogens is 200 g/mol. The summed E-state index contributed by atoms with van der Waals surface area (Å²) in [6.45, 7) is 5.58. The van der Waals surface area contributed by atoms with E-state index in [9.17, 15) is 9.59 Å². The fourth-order valence-corrected chi connectivity index (χ4v) is 2.31. The minimum atomic E-state index is -0.577. The van der Waals surface area contributed by atoms with Crippen LogP contribution in [0.1, 0.15) is 35.7 Å². The van der Waals surface area contributed by atoms with Crippen LogP contribution in [0.15, 0.2) is 36.9 Å². The van der Waals surface area contributed by atoms with Crippen molar-refractivity contribution in [3.8, 4) is 0 Å². The van der Waals surface area contributed by atoms with E-state index in [1.807, 2.05) is 25.1 Å². The van der Waals surface area contributed by atoms with Crippen LogP contribution in [0.4, 0.5) is 0 Å². The van der Waals surface area contributed by atoms with Crippen LogP contribution in [0.2, 0.25) is 0 Å². The van der Waals surface area contributed by atoms with Crippen molar-refractivity contribution in [1.82, 2.24) is 0 Å². The van der Waals surface area contributed by atoms with Gasteiger partial charge in [-0.25, -0.2) is 0 Å². The van der Waals surface area contributed by atoms with Gasteiger partial charge in [0.2, 0.25) is 0 Å². The van der Waals surface area contributed by atoms with Gasteiger partial charge in [-0.1, -0.05) is 30.3 Å². The minimum Gasteiger partial charge on any atom is -0.298 e. The van der Waals surface area contributed by atoms with Crippen molar-refractivity contribution in [3.63, 3.8) is 0 Å². The number of carbonyl (C=O) groups is 2. The van der Waals surface area contributed by atoms with Crippen LogP contribution >= 0.6 is 0 Å². The second-order valence-corrected chi connectivity index (χ2v) is 4.39. The molecule has 0 saturated heterocycles. The molecule has 0 N–H and O–H groups in total. The van der Waals surface area contributed by atoms with Crippen molar-refractivity contribution in [1.29, 1.82) is 0 Å². The van der Waals surface area contributed by atoms with Crippen molar-refractivity contribution in [3.05, 3.63) is 48.0 Å². The number of fused-ring (bicyclic) bond motifs is 1. The van der Waals surface area contributed by atoms with E-state index >= 15 is 0 Å². The minimum absolute atomic E-state index is 0.00361. The normalized spacial score (nSPS) is 24.1. The standard InChI is InChI=1S/C14H14O2/c1-3-8-14(2)11-7-5-4-6-10(11)12(15)9-13(14)16/h3-7H,1,8-9H2,2H3. The lowest BCUT2D eigenvalue weighted by Crippen LogP contribution is -2.39. The fraction of sp³-hybridized carbons (Fsp3) is 0.286. The van der Waals surface area contributed by atoms with E-state index in [-0.39, 0.29) is 18.0 Å². The Hall–Kier alpha value is -1.70. The lowest BCUT2D eigenvalue weighted by Gasteiger charge is -2.32. The smallest absolute Gasteiger partial charge is 0.170 e. The highest BCUT2D eigenvalue weighted by atomic mass is 16.2. The van der Waals surface area contributed by atoms with Crippen LogP contribution in [0.25, 0.3) is 0 Å². The molecule has 1 atom stereocenters. The van der Waals surface area contributed by atoms with Crippen molar-refractivity contribution in [2.45, 2.75) is 25.2 Å². The Morgan fingerprint density at radius 1 is 1.38 bits per heavy atom. The molecule has 1 aromatic rings. The van der Waals surface area contributed by atoms with Gasteiger partial charge in [0.15, 0.2) is 11.6 Å². The van der Waals surface area contributed by atoms with E-state index < -0.39 is 5.41 Å². The Balaban J connectivity index is 2.64. The van der Waals surface area contributed by atoms with Gasteiger partial charge in [-0.05, 0) is 18.9 Å². The first-order valence-corrected chi connectivity index (χ1v) is 5.36. The summed E-state index contributed by atoms with van der Waals surface area (Å²) in [5, 5.41) is 0. The van der Waals surface area contributed by atoms with Crippen LogP contribution in [0, 0.1) is 0 Å². The van der Waals surface area contributed by atoms with Gasteiger partial charge in [0.1, 0.15) is 0 Å². The van der Waals surface area contributed by atoms with Gasteiger partial charge < -0.3 is 0 Å². The quantitative estimate of drug-likeness (QED) is 0.560. The lowest BCUT2D eigenvalue weighted by molar-refractivity contribution is -0.123. The first-order valence-electron chi connectivity index (χ1n) is 5.36. The predicted molar refractivity (Wildman–Crippen MR) is 62.6 cm³/mol. The first-order chi connectivity index (χ1) is 7.59. The Bertz CT molecular complexity index is 473. The molecule has 0 aliphatic heterocycles. The van der Waals surface area contributed by atoms with Gasteiger partial charge in [0.05, 0.1) is 11.8 Å². The number of benzene rings is 1. The zero-order valence-corrected chi connectivity index (χ0v) is 9.32. The summed E-state index contributed by atoms with van der Waals surface area (Å²) in [6.07, 6.45) is 2.34. The second-order valence-electron chi connectivity index (χ2n) is 4.39. The van der Waals surface area contributed by atoms with Crippen molar-refractivity contribution < 1.29 is 9.59 Å². The number of hydrogen-bond acceptors (Lipinski definition) is 2. The molecule has 0 radical (unpaired) electrons. The SMILES string of the molecule is C=CCC1(C)C(=O)CC(=O)c2ccccc21. The molecule has 2 rings (SSSR count). The zero-order chi connectivity index (χ0) is 11.8. The molecule has 0 spiro atoms. The molecular formula is C14H14O2. The number of rotatable bonds is 2. The number of ketones is 2. The summed E-state index contributed by atoms with van der Waals surface area (Å²) in [7, 11) is 0. The van der Waals surface area contributed by atoms with E-state index in [4.69, 9.17) is 0 Å². The molecule has 0 heterocycles. The molecule has 0 saturated carbocycles. The summed E-state index contributed by atoms with van der Waals surface area (Å²) in [6, 6.07) is 7.37. The monoisotopic (exact) mass is 214 g/mol. The Labute approximate surface area is 95.0 Å². The highest BCUT2D eigenvalue weighted by Gasteiger charge is 2.41. The maximum Gasteiger partial charge on any atom is 0.170 e. The molecule has 1 unspecified atom stereocenters. The summed E-state index contributed by atoms with van der Waals surface area (Å²) in [5.74, 6) is -0.0711. The number of hydrogen-bond donors (Lipinski definition) is 0. The van der Waals surface area contributed by atoms with E-state index in [2.05, 4.69) is 6.58 Å². The van der Waals surface area contributed by atoms with Gasteiger partial charge in [0, 0.05) is 5.56 Å². The van der Waals surface area contributed by atoms with E-state index in [0.717, 1.165) is 5.56 Å². The van der Waals surface area contributed by atoms with Crippen LogP contribution in [-0.4, -0.2) is 11.6 Å². The molecule has 0 aromatic heterocycles. The van der Waals surface area contributed by atoms with E-state index in [0.29, 0.717) is 12.0 Å². The average Bonchev–Trinajstić information content (AvgIpc) is 2.27. The molecule has 2 nitrogen and oxygen atoms in total. The predicted octanol–water partition coefficient (Wildman–Crippen LogP) is 2.68. The first kappa shape index (κ1) is 10.8. The molecule has 2 heteroatoms.